The first kappa shape index (κ1) is 12.2. The number of likely N-dealkylation sites (N-methyl/N-ethyl adjacent to an activating group) is 1. The van der Waals surface area contributed by atoms with Gasteiger partial charge in [0.25, 0.3) is 0 Å². The van der Waals surface area contributed by atoms with Crippen molar-refractivity contribution in [2.24, 2.45) is 0 Å². The van der Waals surface area contributed by atoms with Crippen molar-refractivity contribution in [2.45, 2.75) is 6.42 Å². The summed E-state index contributed by atoms with van der Waals surface area (Å²) in [6.45, 7) is 0.902. The highest BCUT2D eigenvalue weighted by Gasteiger charge is 2.13. The third kappa shape index (κ3) is 1.91. The van der Waals surface area contributed by atoms with Gasteiger partial charge in [-0.1, -0.05) is 0 Å². The van der Waals surface area contributed by atoms with E-state index in [4.69, 9.17) is 5.26 Å². The number of halogens is 1. The first-order chi connectivity index (χ1) is 9.24. The van der Waals surface area contributed by atoms with Crippen LogP contribution in [0.25, 0.3) is 16.8 Å². The lowest BCUT2D eigenvalue weighted by atomic mass is 10.2. The largest absolute Gasteiger partial charge is 0.326 e. The van der Waals surface area contributed by atoms with E-state index in [1.165, 1.54) is 0 Å². The molecule has 0 aliphatic heterocycles. The molecule has 2 N–H and O–H groups in total. The number of hydrogen-bond acceptors (Lipinski definition) is 3. The molecule has 0 bridgehead atoms. The highest BCUT2D eigenvalue weighted by atomic mass is 79.9. The molecule has 0 saturated heterocycles. The zero-order valence-electron chi connectivity index (χ0n) is 10.4. The normalized spacial score (nSPS) is 11.2. The number of H-pyrrole nitrogens is 1. The molecule has 0 atom stereocenters. The Morgan fingerprint density at radius 2 is 2.37 bits per heavy atom. The summed E-state index contributed by atoms with van der Waals surface area (Å²) in [4.78, 5) is 7.83. The summed E-state index contributed by atoms with van der Waals surface area (Å²) in [5.74, 6) is 0.795. The second kappa shape index (κ2) is 4.68. The Labute approximate surface area is 118 Å². The Morgan fingerprint density at radius 1 is 1.53 bits per heavy atom. The summed E-state index contributed by atoms with van der Waals surface area (Å²) >= 11 is 3.62. The number of aromatic amines is 1. The molecule has 1 aromatic carbocycles. The van der Waals surface area contributed by atoms with Crippen molar-refractivity contribution >= 4 is 32.7 Å². The summed E-state index contributed by atoms with van der Waals surface area (Å²) in [6, 6.07) is 7.67. The molecule has 5 nitrogen and oxygen atoms in total. The molecule has 2 heterocycles. The zero-order valence-corrected chi connectivity index (χ0v) is 12.0. The van der Waals surface area contributed by atoms with Gasteiger partial charge in [0, 0.05) is 13.0 Å². The Kier molecular flexibility index (Phi) is 3.01. The number of imidazole rings is 2. The van der Waals surface area contributed by atoms with E-state index in [9.17, 15) is 0 Å². The number of aromatic nitrogens is 3. The van der Waals surface area contributed by atoms with E-state index >= 15 is 0 Å². The fourth-order valence-corrected chi connectivity index (χ4v) is 2.83. The van der Waals surface area contributed by atoms with Gasteiger partial charge in [-0.2, -0.15) is 5.26 Å². The number of benzene rings is 1. The van der Waals surface area contributed by atoms with Gasteiger partial charge in [-0.15, -0.1) is 0 Å². The van der Waals surface area contributed by atoms with Gasteiger partial charge < -0.3 is 10.3 Å². The molecule has 0 saturated carbocycles. The molecule has 6 heteroatoms. The Hall–Kier alpha value is -1.84. The average Bonchev–Trinajstić information content (AvgIpc) is 2.92. The third-order valence-corrected chi connectivity index (χ3v) is 3.95. The molecule has 0 aliphatic carbocycles. The Balaban J connectivity index is 2.19. The van der Waals surface area contributed by atoms with Crippen LogP contribution in [0.2, 0.25) is 0 Å². The molecular weight excluding hydrogens is 306 g/mol. The number of rotatable bonds is 3. The standard InChI is InChI=1S/C13H12BrN5/c1-16-5-4-9-12(14)19-11-3-2-8(7-15)6-10(11)18-13(19)17-9/h2-3,6,16H,4-5H2,1H3,(H,17,18). The van der Waals surface area contributed by atoms with Gasteiger partial charge in [-0.25, -0.2) is 4.98 Å². The van der Waals surface area contributed by atoms with E-state index < -0.39 is 0 Å². The predicted molar refractivity (Wildman–Crippen MR) is 77.1 cm³/mol. The number of hydrogen-bond donors (Lipinski definition) is 2. The second-order valence-corrected chi connectivity index (χ2v) is 5.09. The summed E-state index contributed by atoms with van der Waals surface area (Å²) < 4.78 is 3.02. The fourth-order valence-electron chi connectivity index (χ4n) is 2.17. The van der Waals surface area contributed by atoms with Crippen molar-refractivity contribution in [1.82, 2.24) is 19.7 Å². The summed E-state index contributed by atoms with van der Waals surface area (Å²) in [5, 5.41) is 12.0. The average molecular weight is 318 g/mol. The molecule has 0 spiro atoms. The van der Waals surface area contributed by atoms with Crippen molar-refractivity contribution in [3.63, 3.8) is 0 Å². The van der Waals surface area contributed by atoms with Gasteiger partial charge in [0.05, 0.1) is 28.4 Å². The van der Waals surface area contributed by atoms with Crippen molar-refractivity contribution in [2.75, 3.05) is 13.6 Å². The molecule has 3 rings (SSSR count). The van der Waals surface area contributed by atoms with Crippen molar-refractivity contribution in [3.8, 4) is 6.07 Å². The summed E-state index contributed by atoms with van der Waals surface area (Å²) in [7, 11) is 1.93. The highest BCUT2D eigenvalue weighted by molar-refractivity contribution is 9.10. The molecule has 0 fully saturated rings. The molecule has 0 radical (unpaired) electrons. The SMILES string of the molecule is CNCCc1[nH]c2nc3cc(C#N)ccc3n2c1Br. The van der Waals surface area contributed by atoms with E-state index in [-0.39, 0.29) is 0 Å². The highest BCUT2D eigenvalue weighted by Crippen LogP contribution is 2.25. The van der Waals surface area contributed by atoms with Crippen molar-refractivity contribution < 1.29 is 0 Å². The van der Waals surface area contributed by atoms with Crippen LogP contribution < -0.4 is 5.32 Å². The molecule has 3 aromatic rings. The molecule has 0 unspecified atom stereocenters. The van der Waals surface area contributed by atoms with E-state index in [0.29, 0.717) is 5.56 Å². The van der Waals surface area contributed by atoms with E-state index in [2.05, 4.69) is 37.3 Å². The number of fused-ring (bicyclic) bond motifs is 3. The topological polar surface area (TPSA) is 68.9 Å². The van der Waals surface area contributed by atoms with Crippen LogP contribution in [0, 0.1) is 11.3 Å². The number of nitrogens with zero attached hydrogens (tertiary/aromatic N) is 3. The number of nitriles is 1. The van der Waals surface area contributed by atoms with Gasteiger partial charge >= 0.3 is 0 Å². The van der Waals surface area contributed by atoms with E-state index in [1.54, 1.807) is 6.07 Å². The lowest BCUT2D eigenvalue weighted by Crippen LogP contribution is -2.10. The zero-order chi connectivity index (χ0) is 13.4. The quantitative estimate of drug-likeness (QED) is 0.778. The second-order valence-electron chi connectivity index (χ2n) is 4.33. The fraction of sp³-hybridized carbons (Fsp3) is 0.231. The van der Waals surface area contributed by atoms with Gasteiger partial charge in [-0.05, 0) is 41.2 Å². The van der Waals surface area contributed by atoms with E-state index in [1.807, 2.05) is 23.6 Å². The Morgan fingerprint density at radius 3 is 3.11 bits per heavy atom. The van der Waals surface area contributed by atoms with Gasteiger partial charge in [0.15, 0.2) is 0 Å². The van der Waals surface area contributed by atoms with Crippen LogP contribution in [0.5, 0.6) is 0 Å². The lowest BCUT2D eigenvalue weighted by molar-refractivity contribution is 0.777. The number of nitrogens with one attached hydrogen (secondary N) is 2. The van der Waals surface area contributed by atoms with Gasteiger partial charge in [-0.3, -0.25) is 4.40 Å². The first-order valence-corrected chi connectivity index (χ1v) is 6.77. The van der Waals surface area contributed by atoms with Crippen LogP contribution in [0.1, 0.15) is 11.3 Å². The minimum absolute atomic E-state index is 0.625. The van der Waals surface area contributed by atoms with Crippen LogP contribution in [-0.4, -0.2) is 28.0 Å². The van der Waals surface area contributed by atoms with Crippen LogP contribution >= 0.6 is 15.9 Å². The smallest absolute Gasteiger partial charge is 0.213 e. The maximum Gasteiger partial charge on any atom is 0.213 e. The summed E-state index contributed by atoms with van der Waals surface area (Å²) in [5.41, 5.74) is 3.56. The molecule has 0 amide bonds. The molecule has 96 valence electrons. The molecule has 0 aliphatic rings. The summed E-state index contributed by atoms with van der Waals surface area (Å²) in [6.07, 6.45) is 0.901. The molecule has 2 aromatic heterocycles. The van der Waals surface area contributed by atoms with E-state index in [0.717, 1.165) is 40.1 Å². The maximum absolute atomic E-state index is 8.91. The van der Waals surface area contributed by atoms with Crippen LogP contribution in [0.4, 0.5) is 0 Å². The van der Waals surface area contributed by atoms with Crippen LogP contribution in [-0.2, 0) is 6.42 Å². The van der Waals surface area contributed by atoms with Crippen LogP contribution in [0.3, 0.4) is 0 Å². The minimum atomic E-state index is 0.625. The Bertz CT molecular complexity index is 793. The van der Waals surface area contributed by atoms with Gasteiger partial charge in [0.2, 0.25) is 5.78 Å². The monoisotopic (exact) mass is 317 g/mol. The van der Waals surface area contributed by atoms with Gasteiger partial charge in [0.1, 0.15) is 4.60 Å². The van der Waals surface area contributed by atoms with Crippen molar-refractivity contribution in [3.05, 3.63) is 34.1 Å². The first-order valence-electron chi connectivity index (χ1n) is 5.98. The maximum atomic E-state index is 8.91. The predicted octanol–water partition coefficient (Wildman–Crippen LogP) is 2.21. The minimum Gasteiger partial charge on any atom is -0.326 e. The third-order valence-electron chi connectivity index (χ3n) is 3.12. The van der Waals surface area contributed by atoms with Crippen molar-refractivity contribution in [1.29, 1.82) is 5.26 Å². The molecule has 19 heavy (non-hydrogen) atoms. The molecular formula is C13H12BrN5. The van der Waals surface area contributed by atoms with Crippen LogP contribution in [0.15, 0.2) is 22.8 Å². The lowest BCUT2D eigenvalue weighted by Gasteiger charge is -1.98.